The molecule has 5 heteroatoms. The summed E-state index contributed by atoms with van der Waals surface area (Å²) in [4.78, 5) is 7.33. The second kappa shape index (κ2) is 4.82. The molecule has 3 N–H and O–H groups in total. The minimum atomic E-state index is 0.354. The summed E-state index contributed by atoms with van der Waals surface area (Å²) in [6, 6.07) is 6.30. The lowest BCUT2D eigenvalue weighted by atomic mass is 9.84. The third-order valence-corrected chi connectivity index (χ3v) is 4.20. The van der Waals surface area contributed by atoms with Gasteiger partial charge in [-0.3, -0.25) is 0 Å². The monoisotopic (exact) mass is 262 g/mol. The van der Waals surface area contributed by atoms with Gasteiger partial charge in [0, 0.05) is 12.6 Å². The number of fused-ring (bicyclic) bond motifs is 3. The number of nitrogens with zero attached hydrogens (tertiary/aromatic N) is 2. The van der Waals surface area contributed by atoms with Crippen LogP contribution in [-0.4, -0.2) is 40.5 Å². The Kier molecular flexibility index (Phi) is 3.18. The highest BCUT2D eigenvalue weighted by Crippen LogP contribution is 2.29. The Morgan fingerprint density at radius 3 is 2.78 bits per heavy atom. The van der Waals surface area contributed by atoms with Crippen LogP contribution in [0.4, 0.5) is 5.82 Å². The van der Waals surface area contributed by atoms with Crippen molar-refractivity contribution in [2.75, 3.05) is 25.0 Å². The molecular formula is C13H18N4S. The van der Waals surface area contributed by atoms with Crippen LogP contribution in [0.5, 0.6) is 0 Å². The molecular weight excluding hydrogens is 244 g/mol. The van der Waals surface area contributed by atoms with Crippen LogP contribution < -0.4 is 11.1 Å². The molecule has 1 atom stereocenters. The molecule has 0 radical (unpaired) electrons. The maximum atomic E-state index is 5.61. The maximum Gasteiger partial charge on any atom is 0.127 e. The lowest BCUT2D eigenvalue weighted by Crippen LogP contribution is -2.53. The van der Waals surface area contributed by atoms with Crippen molar-refractivity contribution >= 4 is 23.0 Å². The number of piperidine rings is 3. The number of aromatic nitrogens is 1. The fraction of sp³-hybridized carbons (Fsp3) is 0.538. The number of nitrogens with one attached hydrogen (secondary N) is 1. The normalized spacial score (nSPS) is 30.1. The number of hydrogen-bond acceptors (Lipinski definition) is 4. The molecule has 4 heterocycles. The van der Waals surface area contributed by atoms with Crippen LogP contribution in [0.15, 0.2) is 18.2 Å². The molecule has 3 saturated heterocycles. The molecule has 3 aliphatic rings. The SMILES string of the molecule is NC(=S)c1cccc(NC2CN3CCC2CC3)n1. The van der Waals surface area contributed by atoms with Crippen LogP contribution >= 0.6 is 12.2 Å². The van der Waals surface area contributed by atoms with E-state index >= 15 is 0 Å². The summed E-state index contributed by atoms with van der Waals surface area (Å²) >= 11 is 4.96. The molecule has 18 heavy (non-hydrogen) atoms. The first-order chi connectivity index (χ1) is 8.72. The average Bonchev–Trinajstić information content (AvgIpc) is 2.40. The van der Waals surface area contributed by atoms with E-state index in [1.807, 2.05) is 18.2 Å². The van der Waals surface area contributed by atoms with Gasteiger partial charge in [-0.05, 0) is 44.0 Å². The summed E-state index contributed by atoms with van der Waals surface area (Å²) < 4.78 is 0. The zero-order chi connectivity index (χ0) is 12.5. The summed E-state index contributed by atoms with van der Waals surface area (Å²) in [5, 5.41) is 3.54. The van der Waals surface area contributed by atoms with Crippen LogP contribution in [0.2, 0.25) is 0 Å². The zero-order valence-corrected chi connectivity index (χ0v) is 11.1. The van der Waals surface area contributed by atoms with Crippen molar-refractivity contribution < 1.29 is 0 Å². The Balaban J connectivity index is 1.72. The highest BCUT2D eigenvalue weighted by Gasteiger charge is 2.34. The van der Waals surface area contributed by atoms with Gasteiger partial charge < -0.3 is 16.0 Å². The van der Waals surface area contributed by atoms with Crippen molar-refractivity contribution in [2.45, 2.75) is 18.9 Å². The summed E-state index contributed by atoms with van der Waals surface area (Å²) in [7, 11) is 0. The van der Waals surface area contributed by atoms with Gasteiger partial charge in [0.05, 0.1) is 5.69 Å². The predicted octanol–water partition coefficient (Wildman–Crippen LogP) is 1.22. The van der Waals surface area contributed by atoms with Gasteiger partial charge in [-0.15, -0.1) is 0 Å². The number of thiocarbonyl (C=S) groups is 1. The summed E-state index contributed by atoms with van der Waals surface area (Å²) in [6.07, 6.45) is 2.60. The number of anilines is 1. The second-order valence-electron chi connectivity index (χ2n) is 5.16. The molecule has 1 aromatic heterocycles. The van der Waals surface area contributed by atoms with Gasteiger partial charge in [0.2, 0.25) is 0 Å². The Morgan fingerprint density at radius 2 is 2.17 bits per heavy atom. The third-order valence-electron chi connectivity index (χ3n) is 3.99. The number of pyridine rings is 1. The Labute approximate surface area is 113 Å². The minimum absolute atomic E-state index is 0.354. The van der Waals surface area contributed by atoms with E-state index in [1.54, 1.807) is 0 Å². The molecule has 3 fully saturated rings. The number of hydrogen-bond donors (Lipinski definition) is 2. The number of rotatable bonds is 3. The molecule has 3 aliphatic heterocycles. The third kappa shape index (κ3) is 2.33. The van der Waals surface area contributed by atoms with Crippen molar-refractivity contribution in [3.8, 4) is 0 Å². The molecule has 96 valence electrons. The molecule has 4 nitrogen and oxygen atoms in total. The average molecular weight is 262 g/mol. The van der Waals surface area contributed by atoms with Crippen molar-refractivity contribution in [1.29, 1.82) is 0 Å². The van der Waals surface area contributed by atoms with Gasteiger partial charge in [-0.1, -0.05) is 18.3 Å². The van der Waals surface area contributed by atoms with E-state index in [0.717, 1.165) is 18.3 Å². The smallest absolute Gasteiger partial charge is 0.127 e. The van der Waals surface area contributed by atoms with Gasteiger partial charge in [0.25, 0.3) is 0 Å². The van der Waals surface area contributed by atoms with Crippen molar-refractivity contribution in [1.82, 2.24) is 9.88 Å². The Morgan fingerprint density at radius 1 is 1.39 bits per heavy atom. The van der Waals surface area contributed by atoms with E-state index in [1.165, 1.54) is 25.9 Å². The largest absolute Gasteiger partial charge is 0.388 e. The summed E-state index contributed by atoms with van der Waals surface area (Å²) in [6.45, 7) is 3.63. The second-order valence-corrected chi connectivity index (χ2v) is 5.60. The number of nitrogens with two attached hydrogens (primary N) is 1. The first kappa shape index (κ1) is 11.9. The van der Waals surface area contributed by atoms with E-state index in [9.17, 15) is 0 Å². The molecule has 4 rings (SSSR count). The first-order valence-electron chi connectivity index (χ1n) is 6.48. The lowest BCUT2D eigenvalue weighted by Gasteiger charge is -2.45. The van der Waals surface area contributed by atoms with E-state index in [2.05, 4.69) is 15.2 Å². The Bertz CT molecular complexity index is 454. The topological polar surface area (TPSA) is 54.2 Å². The van der Waals surface area contributed by atoms with Crippen LogP contribution in [0, 0.1) is 5.92 Å². The molecule has 0 amide bonds. The van der Waals surface area contributed by atoms with Gasteiger partial charge in [-0.25, -0.2) is 4.98 Å². The van der Waals surface area contributed by atoms with Gasteiger partial charge in [0.1, 0.15) is 10.8 Å². The molecule has 2 bridgehead atoms. The summed E-state index contributed by atoms with van der Waals surface area (Å²) in [5.74, 6) is 1.67. The van der Waals surface area contributed by atoms with E-state index in [0.29, 0.717) is 16.7 Å². The molecule has 0 aromatic carbocycles. The van der Waals surface area contributed by atoms with Crippen molar-refractivity contribution in [2.24, 2.45) is 11.7 Å². The van der Waals surface area contributed by atoms with Crippen LogP contribution in [0.1, 0.15) is 18.5 Å². The molecule has 0 spiro atoms. The quantitative estimate of drug-likeness (QED) is 0.802. The Hall–Kier alpha value is -1.20. The molecule has 0 aliphatic carbocycles. The highest BCUT2D eigenvalue weighted by molar-refractivity contribution is 7.80. The van der Waals surface area contributed by atoms with Crippen molar-refractivity contribution in [3.63, 3.8) is 0 Å². The molecule has 1 aromatic rings. The lowest BCUT2D eigenvalue weighted by molar-refractivity contribution is 0.0974. The van der Waals surface area contributed by atoms with Crippen molar-refractivity contribution in [3.05, 3.63) is 23.9 Å². The summed E-state index contributed by atoms with van der Waals surface area (Å²) in [5.41, 5.74) is 6.30. The predicted molar refractivity (Wildman–Crippen MR) is 76.7 cm³/mol. The van der Waals surface area contributed by atoms with E-state index in [-0.39, 0.29) is 0 Å². The van der Waals surface area contributed by atoms with Crippen LogP contribution in [0.25, 0.3) is 0 Å². The fourth-order valence-electron chi connectivity index (χ4n) is 2.97. The van der Waals surface area contributed by atoms with Gasteiger partial charge in [0.15, 0.2) is 0 Å². The van der Waals surface area contributed by atoms with Gasteiger partial charge in [-0.2, -0.15) is 0 Å². The fourth-order valence-corrected chi connectivity index (χ4v) is 3.08. The zero-order valence-electron chi connectivity index (χ0n) is 10.3. The van der Waals surface area contributed by atoms with E-state index < -0.39 is 0 Å². The minimum Gasteiger partial charge on any atom is -0.388 e. The molecule has 1 unspecified atom stereocenters. The van der Waals surface area contributed by atoms with Crippen LogP contribution in [0.3, 0.4) is 0 Å². The standard InChI is InChI=1S/C13H18N4S/c14-13(18)10-2-1-3-12(15-10)16-11-8-17-6-4-9(11)5-7-17/h1-3,9,11H,4-8H2,(H2,14,18)(H,15,16). The maximum absolute atomic E-state index is 5.61. The van der Waals surface area contributed by atoms with Gasteiger partial charge >= 0.3 is 0 Å². The van der Waals surface area contributed by atoms with E-state index in [4.69, 9.17) is 18.0 Å². The molecule has 0 saturated carbocycles. The highest BCUT2D eigenvalue weighted by atomic mass is 32.1. The van der Waals surface area contributed by atoms with Crippen LogP contribution in [-0.2, 0) is 0 Å². The first-order valence-corrected chi connectivity index (χ1v) is 6.89.